The summed E-state index contributed by atoms with van der Waals surface area (Å²) in [5, 5.41) is 4.92. The van der Waals surface area contributed by atoms with Crippen LogP contribution in [0.3, 0.4) is 0 Å². The Labute approximate surface area is 175 Å². The molecule has 31 heavy (non-hydrogen) atoms. The molecule has 1 aliphatic heterocycles. The molecule has 8 nitrogen and oxygen atoms in total. The molecule has 1 aliphatic rings. The van der Waals surface area contributed by atoms with Gasteiger partial charge in [0.25, 0.3) is 5.91 Å². The highest BCUT2D eigenvalue weighted by Gasteiger charge is 2.31. The van der Waals surface area contributed by atoms with E-state index in [1.54, 1.807) is 30.3 Å². The van der Waals surface area contributed by atoms with Crippen molar-refractivity contribution in [2.24, 2.45) is 10.8 Å². The SMILES string of the molecule is NC(=O)N(/N=C(/C(=O)N1CCOCC1)c1ccccc1)c1ccc(OC(F)(F)F)cc1. The second-order valence-electron chi connectivity index (χ2n) is 6.41. The zero-order valence-corrected chi connectivity index (χ0v) is 16.2. The van der Waals surface area contributed by atoms with Crippen molar-refractivity contribution < 1.29 is 32.2 Å². The van der Waals surface area contributed by atoms with Crippen molar-refractivity contribution in [2.45, 2.75) is 6.36 Å². The van der Waals surface area contributed by atoms with Crippen LogP contribution in [0.2, 0.25) is 0 Å². The van der Waals surface area contributed by atoms with Crippen molar-refractivity contribution >= 4 is 23.3 Å². The number of morpholine rings is 1. The van der Waals surface area contributed by atoms with E-state index in [1.165, 1.54) is 17.0 Å². The van der Waals surface area contributed by atoms with Gasteiger partial charge in [-0.15, -0.1) is 13.2 Å². The van der Waals surface area contributed by atoms with Crippen LogP contribution in [-0.4, -0.2) is 55.2 Å². The van der Waals surface area contributed by atoms with Crippen molar-refractivity contribution in [3.8, 4) is 5.75 Å². The Morgan fingerprint density at radius 3 is 2.19 bits per heavy atom. The largest absolute Gasteiger partial charge is 0.573 e. The van der Waals surface area contributed by atoms with Gasteiger partial charge in [0.2, 0.25) is 0 Å². The number of carbonyl (C=O) groups excluding carboxylic acids is 2. The molecule has 0 unspecified atom stereocenters. The highest BCUT2D eigenvalue weighted by Crippen LogP contribution is 2.26. The van der Waals surface area contributed by atoms with E-state index in [0.29, 0.717) is 31.9 Å². The third-order valence-corrected chi connectivity index (χ3v) is 4.27. The van der Waals surface area contributed by atoms with Crippen LogP contribution in [-0.2, 0) is 9.53 Å². The monoisotopic (exact) mass is 436 g/mol. The minimum absolute atomic E-state index is 0.0445. The van der Waals surface area contributed by atoms with E-state index in [9.17, 15) is 22.8 Å². The second-order valence-corrected chi connectivity index (χ2v) is 6.41. The number of benzene rings is 2. The first-order valence-electron chi connectivity index (χ1n) is 9.21. The average Bonchev–Trinajstić information content (AvgIpc) is 2.75. The number of urea groups is 1. The van der Waals surface area contributed by atoms with Gasteiger partial charge in [0.05, 0.1) is 18.9 Å². The van der Waals surface area contributed by atoms with Crippen molar-refractivity contribution in [1.82, 2.24) is 4.90 Å². The van der Waals surface area contributed by atoms with Crippen LogP contribution < -0.4 is 15.5 Å². The first kappa shape index (κ1) is 22.1. The maximum atomic E-state index is 13.1. The molecule has 0 aliphatic carbocycles. The fourth-order valence-corrected chi connectivity index (χ4v) is 2.86. The number of rotatable bonds is 5. The number of nitrogens with zero attached hydrogens (tertiary/aromatic N) is 3. The first-order chi connectivity index (χ1) is 14.7. The van der Waals surface area contributed by atoms with Gasteiger partial charge in [-0.3, -0.25) is 4.79 Å². The van der Waals surface area contributed by atoms with Gasteiger partial charge in [-0.05, 0) is 24.3 Å². The molecule has 0 spiro atoms. The molecule has 2 aromatic rings. The van der Waals surface area contributed by atoms with Crippen LogP contribution in [0.4, 0.5) is 23.7 Å². The van der Waals surface area contributed by atoms with Crippen LogP contribution in [0.25, 0.3) is 0 Å². The summed E-state index contributed by atoms with van der Waals surface area (Å²) in [6, 6.07) is 11.8. The Morgan fingerprint density at radius 2 is 1.65 bits per heavy atom. The van der Waals surface area contributed by atoms with Gasteiger partial charge in [0.15, 0.2) is 5.71 Å². The standard InChI is InChI=1S/C20H19F3N4O4/c21-20(22,23)31-16-8-6-15(7-9-16)27(19(24)29)25-17(14-4-2-1-3-5-14)18(28)26-10-12-30-13-11-26/h1-9H,10-13H2,(H2,24,29)/b25-17+. The lowest BCUT2D eigenvalue weighted by Crippen LogP contribution is -2.45. The molecule has 164 valence electrons. The average molecular weight is 436 g/mol. The summed E-state index contributed by atoms with van der Waals surface area (Å²) in [4.78, 5) is 26.7. The predicted molar refractivity (Wildman–Crippen MR) is 106 cm³/mol. The van der Waals surface area contributed by atoms with Gasteiger partial charge in [-0.2, -0.15) is 10.1 Å². The summed E-state index contributed by atoms with van der Waals surface area (Å²) in [5.41, 5.74) is 5.90. The van der Waals surface area contributed by atoms with Crippen LogP contribution in [0, 0.1) is 0 Å². The van der Waals surface area contributed by atoms with E-state index < -0.39 is 24.1 Å². The topological polar surface area (TPSA) is 97.5 Å². The van der Waals surface area contributed by atoms with Crippen LogP contribution in [0.1, 0.15) is 5.56 Å². The van der Waals surface area contributed by atoms with Crippen LogP contribution in [0.5, 0.6) is 5.75 Å². The lowest BCUT2D eigenvalue weighted by molar-refractivity contribution is -0.274. The highest BCUT2D eigenvalue weighted by molar-refractivity contribution is 6.45. The first-order valence-corrected chi connectivity index (χ1v) is 9.21. The number of primary amides is 1. The summed E-state index contributed by atoms with van der Waals surface area (Å²) in [7, 11) is 0. The molecule has 3 rings (SSSR count). The zero-order valence-electron chi connectivity index (χ0n) is 16.2. The van der Waals surface area contributed by atoms with Crippen molar-refractivity contribution in [1.29, 1.82) is 0 Å². The maximum Gasteiger partial charge on any atom is 0.573 e. The van der Waals surface area contributed by atoms with E-state index in [-0.39, 0.29) is 11.4 Å². The van der Waals surface area contributed by atoms with Gasteiger partial charge < -0.3 is 20.1 Å². The Morgan fingerprint density at radius 1 is 1.03 bits per heavy atom. The smallest absolute Gasteiger partial charge is 0.406 e. The summed E-state index contributed by atoms with van der Waals surface area (Å²) < 4.78 is 46.2. The van der Waals surface area contributed by atoms with Gasteiger partial charge in [0, 0.05) is 18.7 Å². The molecule has 1 fully saturated rings. The number of ether oxygens (including phenoxy) is 2. The molecular formula is C20H19F3N4O4. The minimum Gasteiger partial charge on any atom is -0.406 e. The Hall–Kier alpha value is -3.60. The van der Waals surface area contributed by atoms with Crippen LogP contribution >= 0.6 is 0 Å². The molecule has 11 heteroatoms. The fraction of sp³-hybridized carbons (Fsp3) is 0.250. The quantitative estimate of drug-likeness (QED) is 0.576. The van der Waals surface area contributed by atoms with Crippen molar-refractivity contribution in [2.75, 3.05) is 31.3 Å². The number of nitrogens with two attached hydrogens (primary N) is 1. The van der Waals surface area contributed by atoms with E-state index >= 15 is 0 Å². The molecule has 2 N–H and O–H groups in total. The lowest BCUT2D eigenvalue weighted by atomic mass is 10.1. The minimum atomic E-state index is -4.85. The van der Waals surface area contributed by atoms with Crippen molar-refractivity contribution in [3.63, 3.8) is 0 Å². The summed E-state index contributed by atoms with van der Waals surface area (Å²) in [5.74, 6) is -0.907. The van der Waals surface area contributed by atoms with Gasteiger partial charge in [-0.25, -0.2) is 4.79 Å². The Kier molecular flexibility index (Phi) is 6.75. The molecule has 0 radical (unpaired) electrons. The summed E-state index contributed by atoms with van der Waals surface area (Å²) >= 11 is 0. The van der Waals surface area contributed by atoms with E-state index in [1.807, 2.05) is 0 Å². The molecular weight excluding hydrogens is 417 g/mol. The lowest BCUT2D eigenvalue weighted by Gasteiger charge is -2.28. The van der Waals surface area contributed by atoms with Gasteiger partial charge >= 0.3 is 12.4 Å². The van der Waals surface area contributed by atoms with Gasteiger partial charge in [-0.1, -0.05) is 30.3 Å². The fourth-order valence-electron chi connectivity index (χ4n) is 2.86. The summed E-state index contributed by atoms with van der Waals surface area (Å²) in [6.45, 7) is 1.44. The molecule has 2 aromatic carbocycles. The van der Waals surface area contributed by atoms with E-state index in [0.717, 1.165) is 17.1 Å². The number of halogens is 3. The number of anilines is 1. The van der Waals surface area contributed by atoms with Crippen LogP contribution in [0.15, 0.2) is 59.7 Å². The number of alkyl halides is 3. The highest BCUT2D eigenvalue weighted by atomic mass is 19.4. The Bertz CT molecular complexity index is 943. The number of hydrogen-bond donors (Lipinski definition) is 1. The third kappa shape index (κ3) is 5.95. The molecule has 0 aromatic heterocycles. The van der Waals surface area contributed by atoms with E-state index in [4.69, 9.17) is 10.5 Å². The zero-order chi connectivity index (χ0) is 22.4. The molecule has 0 atom stereocenters. The second kappa shape index (κ2) is 9.47. The molecule has 1 saturated heterocycles. The molecule has 0 bridgehead atoms. The van der Waals surface area contributed by atoms with Crippen molar-refractivity contribution in [3.05, 3.63) is 60.2 Å². The number of carbonyl (C=O) groups is 2. The molecule has 0 saturated carbocycles. The summed E-state index contributed by atoms with van der Waals surface area (Å²) in [6.07, 6.45) is -4.85. The van der Waals surface area contributed by atoms with Gasteiger partial charge in [0.1, 0.15) is 5.75 Å². The third-order valence-electron chi connectivity index (χ3n) is 4.27. The molecule has 3 amide bonds. The number of amides is 3. The molecule has 1 heterocycles. The normalized spacial score (nSPS) is 14.8. The maximum absolute atomic E-state index is 13.1. The predicted octanol–water partition coefficient (Wildman–Crippen LogP) is 2.73. The number of hydrazone groups is 1. The van der Waals surface area contributed by atoms with E-state index in [2.05, 4.69) is 9.84 Å². The number of hydrogen-bond acceptors (Lipinski definition) is 5. The Balaban J connectivity index is 1.96.